The lowest BCUT2D eigenvalue weighted by Crippen LogP contribution is -2.20. The maximum atomic E-state index is 13.1. The highest BCUT2D eigenvalue weighted by atomic mass is 35.5. The number of ether oxygens (including phenoxy) is 1. The summed E-state index contributed by atoms with van der Waals surface area (Å²) in [4.78, 5) is 31.4. The number of halogens is 1. The quantitative estimate of drug-likeness (QED) is 0.250. The molecule has 0 bridgehead atoms. The van der Waals surface area contributed by atoms with Crippen LogP contribution in [0.1, 0.15) is 39.3 Å². The largest absolute Gasteiger partial charge is 0.478 e. The molecular weight excluding hydrogens is 476 g/mol. The number of para-hydroxylation sites is 1. The SMILES string of the molecule is O=C(c1ccc(N(CC2CC2)c2ccc(Cl)cc2)cc1)c1cc(C(=O)O)c(Oc2ccccc2)cn1. The Morgan fingerprint density at radius 3 is 2.19 bits per heavy atom. The van der Waals surface area contributed by atoms with Crippen LogP contribution in [0.4, 0.5) is 11.4 Å². The third kappa shape index (κ3) is 5.39. The summed E-state index contributed by atoms with van der Waals surface area (Å²) in [5, 5.41) is 10.4. The number of carboxylic acid groups (broad SMARTS) is 1. The second kappa shape index (κ2) is 10.2. The van der Waals surface area contributed by atoms with E-state index in [0.29, 0.717) is 22.3 Å². The van der Waals surface area contributed by atoms with Crippen molar-refractivity contribution in [2.45, 2.75) is 12.8 Å². The van der Waals surface area contributed by atoms with E-state index in [0.717, 1.165) is 17.9 Å². The molecule has 1 saturated carbocycles. The zero-order valence-corrected chi connectivity index (χ0v) is 20.1. The van der Waals surface area contributed by atoms with Gasteiger partial charge >= 0.3 is 5.97 Å². The summed E-state index contributed by atoms with van der Waals surface area (Å²) < 4.78 is 5.67. The highest BCUT2D eigenvalue weighted by molar-refractivity contribution is 6.30. The van der Waals surface area contributed by atoms with E-state index in [1.54, 1.807) is 36.4 Å². The Hall–Kier alpha value is -4.16. The van der Waals surface area contributed by atoms with Crippen molar-refractivity contribution in [3.05, 3.63) is 113 Å². The van der Waals surface area contributed by atoms with Crippen LogP contribution in [0.2, 0.25) is 5.02 Å². The molecule has 180 valence electrons. The van der Waals surface area contributed by atoms with E-state index in [1.807, 2.05) is 42.5 Å². The third-order valence-electron chi connectivity index (χ3n) is 6.02. The number of anilines is 2. The van der Waals surface area contributed by atoms with Crippen molar-refractivity contribution in [2.24, 2.45) is 5.92 Å². The van der Waals surface area contributed by atoms with Crippen molar-refractivity contribution in [3.63, 3.8) is 0 Å². The number of carboxylic acids is 1. The van der Waals surface area contributed by atoms with Crippen molar-refractivity contribution in [3.8, 4) is 11.5 Å². The van der Waals surface area contributed by atoms with E-state index in [4.69, 9.17) is 16.3 Å². The lowest BCUT2D eigenvalue weighted by Gasteiger charge is -2.25. The summed E-state index contributed by atoms with van der Waals surface area (Å²) in [6.07, 6.45) is 3.69. The fourth-order valence-electron chi connectivity index (χ4n) is 3.91. The van der Waals surface area contributed by atoms with Crippen LogP contribution in [0.15, 0.2) is 91.1 Å². The summed E-state index contributed by atoms with van der Waals surface area (Å²) in [5.41, 5.74) is 2.32. The number of aromatic carboxylic acids is 1. The summed E-state index contributed by atoms with van der Waals surface area (Å²) in [7, 11) is 0. The molecule has 1 N–H and O–H groups in total. The zero-order valence-electron chi connectivity index (χ0n) is 19.3. The number of rotatable bonds is 9. The van der Waals surface area contributed by atoms with E-state index in [2.05, 4.69) is 9.88 Å². The van der Waals surface area contributed by atoms with Gasteiger partial charge in [-0.15, -0.1) is 0 Å². The number of carbonyl (C=O) groups excluding carboxylic acids is 1. The van der Waals surface area contributed by atoms with Crippen LogP contribution < -0.4 is 9.64 Å². The molecular formula is C29H23ClN2O4. The Bertz CT molecular complexity index is 1390. The lowest BCUT2D eigenvalue weighted by molar-refractivity contribution is 0.0694. The zero-order chi connectivity index (χ0) is 25.1. The van der Waals surface area contributed by atoms with Crippen LogP contribution in [0.25, 0.3) is 0 Å². The molecule has 1 fully saturated rings. The van der Waals surface area contributed by atoms with Gasteiger partial charge in [0.15, 0.2) is 5.75 Å². The Balaban J connectivity index is 1.39. The minimum absolute atomic E-state index is 0.0353. The molecule has 0 unspecified atom stereocenters. The standard InChI is InChI=1S/C29H23ClN2O4/c30-21-10-14-23(15-11-21)32(18-19-6-7-19)22-12-8-20(9-13-22)28(33)26-16-25(29(34)35)27(17-31-26)36-24-4-2-1-3-5-24/h1-5,8-17,19H,6-7,18H2,(H,34,35). The molecule has 7 heteroatoms. The summed E-state index contributed by atoms with van der Waals surface area (Å²) in [5.74, 6) is -0.369. The van der Waals surface area contributed by atoms with Crippen LogP contribution in [0.3, 0.4) is 0 Å². The fourth-order valence-corrected chi connectivity index (χ4v) is 4.04. The van der Waals surface area contributed by atoms with Gasteiger partial charge in [-0.25, -0.2) is 9.78 Å². The van der Waals surface area contributed by atoms with Gasteiger partial charge in [-0.05, 0) is 85.5 Å². The average Bonchev–Trinajstić information content (AvgIpc) is 3.73. The van der Waals surface area contributed by atoms with Gasteiger partial charge in [0.05, 0.1) is 6.20 Å². The Morgan fingerprint density at radius 2 is 1.58 bits per heavy atom. The number of pyridine rings is 1. The minimum atomic E-state index is -1.20. The smallest absolute Gasteiger partial charge is 0.339 e. The predicted octanol–water partition coefficient (Wildman–Crippen LogP) is 7.00. The van der Waals surface area contributed by atoms with Gasteiger partial charge in [-0.2, -0.15) is 0 Å². The Morgan fingerprint density at radius 1 is 0.944 bits per heavy atom. The first-order valence-electron chi connectivity index (χ1n) is 11.6. The molecule has 5 rings (SSSR count). The molecule has 1 aliphatic rings. The van der Waals surface area contributed by atoms with Gasteiger partial charge in [0, 0.05) is 28.5 Å². The normalized spacial score (nSPS) is 12.7. The molecule has 3 aromatic carbocycles. The minimum Gasteiger partial charge on any atom is -0.478 e. The number of aromatic nitrogens is 1. The second-order valence-electron chi connectivity index (χ2n) is 8.69. The van der Waals surface area contributed by atoms with E-state index in [9.17, 15) is 14.7 Å². The van der Waals surface area contributed by atoms with Crippen LogP contribution in [-0.2, 0) is 0 Å². The highest BCUT2D eigenvalue weighted by Gasteiger charge is 2.26. The highest BCUT2D eigenvalue weighted by Crippen LogP contribution is 2.36. The van der Waals surface area contributed by atoms with Crippen molar-refractivity contribution in [1.29, 1.82) is 0 Å². The number of carbonyl (C=O) groups is 2. The first-order chi connectivity index (χ1) is 17.5. The number of hydrogen-bond acceptors (Lipinski definition) is 5. The molecule has 36 heavy (non-hydrogen) atoms. The lowest BCUT2D eigenvalue weighted by atomic mass is 10.0. The number of ketones is 1. The average molecular weight is 499 g/mol. The van der Waals surface area contributed by atoms with Crippen molar-refractivity contribution in [2.75, 3.05) is 11.4 Å². The number of nitrogens with zero attached hydrogens (tertiary/aromatic N) is 2. The molecule has 0 aliphatic heterocycles. The molecule has 4 aromatic rings. The molecule has 0 spiro atoms. The molecule has 6 nitrogen and oxygen atoms in total. The molecule has 1 aliphatic carbocycles. The van der Waals surface area contributed by atoms with Crippen LogP contribution >= 0.6 is 11.6 Å². The third-order valence-corrected chi connectivity index (χ3v) is 6.27. The summed E-state index contributed by atoms with van der Waals surface area (Å²) in [6, 6.07) is 25.1. The molecule has 1 heterocycles. The predicted molar refractivity (Wildman–Crippen MR) is 139 cm³/mol. The molecule has 0 amide bonds. The van der Waals surface area contributed by atoms with Gasteiger partial charge in [-0.3, -0.25) is 4.79 Å². The number of hydrogen-bond donors (Lipinski definition) is 1. The van der Waals surface area contributed by atoms with Crippen molar-refractivity contribution in [1.82, 2.24) is 4.98 Å². The van der Waals surface area contributed by atoms with Crippen LogP contribution in [0, 0.1) is 5.92 Å². The van der Waals surface area contributed by atoms with Gasteiger partial charge in [0.2, 0.25) is 5.78 Å². The van der Waals surface area contributed by atoms with Gasteiger partial charge in [-0.1, -0.05) is 29.8 Å². The van der Waals surface area contributed by atoms with E-state index < -0.39 is 5.97 Å². The van der Waals surface area contributed by atoms with E-state index in [-0.39, 0.29) is 22.8 Å². The van der Waals surface area contributed by atoms with E-state index >= 15 is 0 Å². The Kier molecular flexibility index (Phi) is 6.69. The first-order valence-corrected chi connectivity index (χ1v) is 12.0. The van der Waals surface area contributed by atoms with E-state index in [1.165, 1.54) is 25.1 Å². The second-order valence-corrected chi connectivity index (χ2v) is 9.13. The summed E-state index contributed by atoms with van der Waals surface area (Å²) >= 11 is 6.07. The maximum Gasteiger partial charge on any atom is 0.339 e. The molecule has 1 aromatic heterocycles. The summed E-state index contributed by atoms with van der Waals surface area (Å²) in [6.45, 7) is 0.890. The van der Waals surface area contributed by atoms with Gasteiger partial charge in [0.25, 0.3) is 0 Å². The molecule has 0 atom stereocenters. The van der Waals surface area contributed by atoms with Gasteiger partial charge < -0.3 is 14.7 Å². The van der Waals surface area contributed by atoms with Gasteiger partial charge in [0.1, 0.15) is 17.0 Å². The van der Waals surface area contributed by atoms with Crippen molar-refractivity contribution >= 4 is 34.7 Å². The first kappa shape index (κ1) is 23.6. The number of benzene rings is 3. The monoisotopic (exact) mass is 498 g/mol. The fraction of sp³-hybridized carbons (Fsp3) is 0.138. The van der Waals surface area contributed by atoms with Crippen molar-refractivity contribution < 1.29 is 19.4 Å². The topological polar surface area (TPSA) is 79.7 Å². The molecule has 0 saturated heterocycles. The van der Waals surface area contributed by atoms with Crippen LogP contribution in [0.5, 0.6) is 11.5 Å². The Labute approximate surface area is 213 Å². The molecule has 0 radical (unpaired) electrons. The maximum absolute atomic E-state index is 13.1. The van der Waals surface area contributed by atoms with Crippen LogP contribution in [-0.4, -0.2) is 28.4 Å².